The Labute approximate surface area is 110 Å². The highest BCUT2D eigenvalue weighted by Gasteiger charge is 2.35. The van der Waals surface area contributed by atoms with Crippen molar-refractivity contribution in [1.29, 1.82) is 0 Å². The summed E-state index contributed by atoms with van der Waals surface area (Å²) in [6, 6.07) is -0.160. The quantitative estimate of drug-likeness (QED) is 0.772. The number of carbonyl (C=O) groups excluding carboxylic acids is 1. The van der Waals surface area contributed by atoms with Crippen molar-refractivity contribution in [2.75, 3.05) is 18.6 Å². The molecule has 0 aromatic rings. The molecule has 1 fully saturated rings. The van der Waals surface area contributed by atoms with E-state index in [1.54, 1.807) is 4.90 Å². The van der Waals surface area contributed by atoms with Crippen LogP contribution in [0.3, 0.4) is 0 Å². The van der Waals surface area contributed by atoms with Gasteiger partial charge < -0.3 is 4.90 Å². The smallest absolute Gasteiger partial charge is 0.240 e. The van der Waals surface area contributed by atoms with Crippen LogP contribution in [0.1, 0.15) is 33.6 Å². The van der Waals surface area contributed by atoms with Crippen LogP contribution in [-0.2, 0) is 14.6 Å². The molecule has 0 aromatic carbocycles. The summed E-state index contributed by atoms with van der Waals surface area (Å²) < 4.78 is 22.2. The highest BCUT2D eigenvalue weighted by Crippen LogP contribution is 2.17. The molecule has 18 heavy (non-hydrogen) atoms. The van der Waals surface area contributed by atoms with E-state index in [-0.39, 0.29) is 23.9 Å². The van der Waals surface area contributed by atoms with Gasteiger partial charge in [0.25, 0.3) is 0 Å². The molecular weight excluding hydrogens is 252 g/mol. The fraction of sp³-hybridized carbons (Fsp3) is 0.917. The second-order valence-electron chi connectivity index (χ2n) is 5.55. The monoisotopic (exact) mass is 276 g/mol. The number of sulfone groups is 1. The van der Waals surface area contributed by atoms with Gasteiger partial charge in [0.05, 0.1) is 18.0 Å². The average molecular weight is 276 g/mol. The summed E-state index contributed by atoms with van der Waals surface area (Å²) in [4.78, 5) is 13.8. The lowest BCUT2D eigenvalue weighted by atomic mass is 10.1. The number of nitrogens with zero attached hydrogens (tertiary/aromatic N) is 1. The molecule has 1 aliphatic rings. The Morgan fingerprint density at radius 3 is 2.50 bits per heavy atom. The zero-order valence-electron chi connectivity index (χ0n) is 11.6. The Kier molecular flexibility index (Phi) is 5.16. The van der Waals surface area contributed by atoms with Crippen molar-refractivity contribution in [2.24, 2.45) is 5.92 Å². The minimum Gasteiger partial charge on any atom is -0.326 e. The Bertz CT molecular complexity index is 392. The maximum Gasteiger partial charge on any atom is 0.240 e. The first kappa shape index (κ1) is 15.4. The van der Waals surface area contributed by atoms with Gasteiger partial charge in [0.1, 0.15) is 9.84 Å². The van der Waals surface area contributed by atoms with Crippen molar-refractivity contribution in [1.82, 2.24) is 10.2 Å². The lowest BCUT2D eigenvalue weighted by molar-refractivity contribution is -0.129. The summed E-state index contributed by atoms with van der Waals surface area (Å²) in [5.41, 5.74) is 0. The minimum atomic E-state index is -2.95. The Balaban J connectivity index is 2.56. The largest absolute Gasteiger partial charge is 0.326 e. The molecule has 0 bridgehead atoms. The van der Waals surface area contributed by atoms with Crippen LogP contribution in [0.5, 0.6) is 0 Å². The van der Waals surface area contributed by atoms with E-state index in [0.717, 1.165) is 6.42 Å². The highest BCUT2D eigenvalue weighted by atomic mass is 32.2. The van der Waals surface area contributed by atoms with Gasteiger partial charge in [0.2, 0.25) is 5.91 Å². The minimum absolute atomic E-state index is 0.0482. The number of amides is 1. The summed E-state index contributed by atoms with van der Waals surface area (Å²) in [6.07, 6.45) is 2.68. The van der Waals surface area contributed by atoms with E-state index in [2.05, 4.69) is 19.2 Å². The van der Waals surface area contributed by atoms with Gasteiger partial charge in [0.15, 0.2) is 0 Å². The first-order chi connectivity index (χ1) is 8.20. The van der Waals surface area contributed by atoms with Crippen molar-refractivity contribution in [2.45, 2.75) is 45.8 Å². The molecule has 106 valence electrons. The maximum atomic E-state index is 12.0. The van der Waals surface area contributed by atoms with Crippen LogP contribution in [0, 0.1) is 5.92 Å². The van der Waals surface area contributed by atoms with Crippen LogP contribution in [0.15, 0.2) is 0 Å². The summed E-state index contributed by atoms with van der Waals surface area (Å²) in [5.74, 6) is 0.715. The predicted molar refractivity (Wildman–Crippen MR) is 71.9 cm³/mol. The van der Waals surface area contributed by atoms with E-state index in [4.69, 9.17) is 0 Å². The second-order valence-corrected chi connectivity index (χ2v) is 7.81. The van der Waals surface area contributed by atoms with Crippen molar-refractivity contribution in [3.63, 3.8) is 0 Å². The molecule has 0 saturated carbocycles. The molecule has 1 saturated heterocycles. The summed E-state index contributed by atoms with van der Waals surface area (Å²) in [6.45, 7) is 6.60. The standard InChI is InChI=1S/C12H24N2O3S/c1-9(2)8-11-13-10(3)12(15)14(11)6-5-7-18(4,16)17/h9-11,13H,5-8H2,1-4H3. The van der Waals surface area contributed by atoms with Gasteiger partial charge in [-0.2, -0.15) is 0 Å². The molecule has 5 nitrogen and oxygen atoms in total. The summed E-state index contributed by atoms with van der Waals surface area (Å²) >= 11 is 0. The van der Waals surface area contributed by atoms with Gasteiger partial charge in [-0.05, 0) is 25.7 Å². The van der Waals surface area contributed by atoms with Crippen molar-refractivity contribution >= 4 is 15.7 Å². The number of hydrogen-bond donors (Lipinski definition) is 1. The molecule has 1 amide bonds. The van der Waals surface area contributed by atoms with Gasteiger partial charge in [-0.1, -0.05) is 13.8 Å². The molecule has 0 spiro atoms. The fourth-order valence-corrected chi connectivity index (χ4v) is 2.91. The number of nitrogens with one attached hydrogen (secondary N) is 1. The van der Waals surface area contributed by atoms with Crippen molar-refractivity contribution in [3.8, 4) is 0 Å². The van der Waals surface area contributed by atoms with Crippen LogP contribution in [0.2, 0.25) is 0 Å². The second kappa shape index (κ2) is 6.02. The molecule has 1 N–H and O–H groups in total. The predicted octanol–water partition coefficient (Wildman–Crippen LogP) is 0.614. The van der Waals surface area contributed by atoms with E-state index in [0.29, 0.717) is 18.9 Å². The molecule has 2 unspecified atom stereocenters. The third-order valence-electron chi connectivity index (χ3n) is 3.08. The number of rotatable bonds is 6. The average Bonchev–Trinajstić information content (AvgIpc) is 2.43. The Hall–Kier alpha value is -0.620. The van der Waals surface area contributed by atoms with Crippen LogP contribution >= 0.6 is 0 Å². The first-order valence-corrected chi connectivity index (χ1v) is 8.51. The van der Waals surface area contributed by atoms with E-state index in [9.17, 15) is 13.2 Å². The van der Waals surface area contributed by atoms with Gasteiger partial charge in [-0.15, -0.1) is 0 Å². The van der Waals surface area contributed by atoms with Gasteiger partial charge in [0, 0.05) is 12.8 Å². The van der Waals surface area contributed by atoms with Crippen molar-refractivity contribution in [3.05, 3.63) is 0 Å². The first-order valence-electron chi connectivity index (χ1n) is 6.45. The van der Waals surface area contributed by atoms with Crippen LogP contribution in [0.25, 0.3) is 0 Å². The van der Waals surface area contributed by atoms with Gasteiger partial charge >= 0.3 is 0 Å². The lowest BCUT2D eigenvalue weighted by Gasteiger charge is -2.25. The molecule has 1 rings (SSSR count). The molecule has 6 heteroatoms. The SMILES string of the molecule is CC(C)CC1NC(C)C(=O)N1CCCS(C)(=O)=O. The fourth-order valence-electron chi connectivity index (χ4n) is 2.26. The number of carbonyl (C=O) groups is 1. The van der Waals surface area contributed by atoms with Crippen LogP contribution < -0.4 is 5.32 Å². The topological polar surface area (TPSA) is 66.5 Å². The van der Waals surface area contributed by atoms with Gasteiger partial charge in [-0.3, -0.25) is 10.1 Å². The Morgan fingerprint density at radius 2 is 2.00 bits per heavy atom. The van der Waals surface area contributed by atoms with Crippen LogP contribution in [-0.4, -0.2) is 50.0 Å². The zero-order chi connectivity index (χ0) is 13.9. The highest BCUT2D eigenvalue weighted by molar-refractivity contribution is 7.90. The van der Waals surface area contributed by atoms with E-state index in [1.807, 2.05) is 6.92 Å². The molecule has 1 aliphatic heterocycles. The van der Waals surface area contributed by atoms with E-state index in [1.165, 1.54) is 6.26 Å². The number of hydrogen-bond acceptors (Lipinski definition) is 4. The normalized spacial score (nSPS) is 25.2. The van der Waals surface area contributed by atoms with Gasteiger partial charge in [-0.25, -0.2) is 8.42 Å². The van der Waals surface area contributed by atoms with Crippen LogP contribution in [0.4, 0.5) is 0 Å². The van der Waals surface area contributed by atoms with E-state index < -0.39 is 9.84 Å². The molecule has 1 heterocycles. The molecule has 0 radical (unpaired) electrons. The molecular formula is C12H24N2O3S. The van der Waals surface area contributed by atoms with Crippen molar-refractivity contribution < 1.29 is 13.2 Å². The maximum absolute atomic E-state index is 12.0. The molecule has 0 aliphatic carbocycles. The van der Waals surface area contributed by atoms with E-state index >= 15 is 0 Å². The zero-order valence-corrected chi connectivity index (χ0v) is 12.5. The lowest BCUT2D eigenvalue weighted by Crippen LogP contribution is -2.39. The molecule has 2 atom stereocenters. The summed E-state index contributed by atoms with van der Waals surface area (Å²) in [7, 11) is -2.95. The third-order valence-corrected chi connectivity index (χ3v) is 4.11. The third kappa shape index (κ3) is 4.57. The molecule has 0 aromatic heterocycles. The Morgan fingerprint density at radius 1 is 1.39 bits per heavy atom. The summed E-state index contributed by atoms with van der Waals surface area (Å²) in [5, 5.41) is 3.26.